The van der Waals surface area contributed by atoms with Gasteiger partial charge < -0.3 is 19.4 Å². The molecule has 1 aromatic heterocycles. The number of methoxy groups -OCH3 is 1. The van der Waals surface area contributed by atoms with Gasteiger partial charge in [-0.15, -0.1) is 0 Å². The topological polar surface area (TPSA) is 75.0 Å². The van der Waals surface area contributed by atoms with Crippen LogP contribution >= 0.6 is 0 Å². The molecule has 1 N–H and O–H groups in total. The zero-order valence-electron chi connectivity index (χ0n) is 19.5. The molecule has 0 saturated carbocycles. The van der Waals surface area contributed by atoms with Crippen LogP contribution in [0.1, 0.15) is 34.8 Å². The Morgan fingerprint density at radius 2 is 1.82 bits per heavy atom. The smallest absolute Gasteiger partial charge is 0.349 e. The first-order chi connectivity index (χ1) is 16.0. The summed E-state index contributed by atoms with van der Waals surface area (Å²) >= 11 is 0. The van der Waals surface area contributed by atoms with Crippen LogP contribution in [0.25, 0.3) is 11.0 Å². The van der Waals surface area contributed by atoms with Crippen molar-refractivity contribution in [2.75, 3.05) is 45.7 Å². The number of likely N-dealkylation sites (N-methyl/N-ethyl adjacent to an activating group) is 1. The first-order valence-corrected chi connectivity index (χ1v) is 11.4. The van der Waals surface area contributed by atoms with Gasteiger partial charge in [-0.3, -0.25) is 9.69 Å². The summed E-state index contributed by atoms with van der Waals surface area (Å²) in [5.41, 5.74) is 2.49. The van der Waals surface area contributed by atoms with Gasteiger partial charge in [0.15, 0.2) is 0 Å². The SMILES string of the molecule is CCCc1c(OC)ccc2cc(C(=O)Nc3ccc(CN4CCN(C)CC4)cc3)c(=O)oc12. The third kappa shape index (κ3) is 5.26. The van der Waals surface area contributed by atoms with E-state index in [1.807, 2.05) is 30.3 Å². The van der Waals surface area contributed by atoms with Crippen molar-refractivity contribution in [2.24, 2.45) is 0 Å². The molecule has 3 aromatic rings. The van der Waals surface area contributed by atoms with E-state index in [0.29, 0.717) is 22.4 Å². The van der Waals surface area contributed by atoms with Gasteiger partial charge in [0.25, 0.3) is 5.91 Å². The standard InChI is InChI=1S/C26H31N3O4/c1-4-5-21-23(32-3)11-8-19-16-22(26(31)33-24(19)21)25(30)27-20-9-6-18(7-10-20)17-29-14-12-28(2)13-15-29/h6-11,16H,4-5,12-15,17H2,1-3H3,(H,27,30). The summed E-state index contributed by atoms with van der Waals surface area (Å²) in [6.45, 7) is 7.20. The molecule has 0 aliphatic carbocycles. The molecule has 174 valence electrons. The average molecular weight is 450 g/mol. The van der Waals surface area contributed by atoms with Crippen molar-refractivity contribution in [3.05, 3.63) is 69.6 Å². The Hall–Kier alpha value is -3.16. The molecule has 1 aliphatic heterocycles. The molecule has 1 amide bonds. The molecule has 0 radical (unpaired) electrons. The van der Waals surface area contributed by atoms with Gasteiger partial charge in [-0.2, -0.15) is 0 Å². The van der Waals surface area contributed by atoms with Gasteiger partial charge in [-0.25, -0.2) is 4.79 Å². The van der Waals surface area contributed by atoms with Gasteiger partial charge in [-0.1, -0.05) is 25.5 Å². The molecule has 1 aliphatic rings. The van der Waals surface area contributed by atoms with Crippen LogP contribution in [-0.4, -0.2) is 56.0 Å². The molecule has 0 bridgehead atoms. The number of benzene rings is 2. The van der Waals surface area contributed by atoms with E-state index < -0.39 is 11.5 Å². The second-order valence-electron chi connectivity index (χ2n) is 8.59. The number of nitrogens with one attached hydrogen (secondary N) is 1. The lowest BCUT2D eigenvalue weighted by Crippen LogP contribution is -2.43. The van der Waals surface area contributed by atoms with E-state index in [9.17, 15) is 9.59 Å². The summed E-state index contributed by atoms with van der Waals surface area (Å²) in [6, 6.07) is 13.0. The lowest BCUT2D eigenvalue weighted by molar-refractivity contribution is 0.102. The highest BCUT2D eigenvalue weighted by Crippen LogP contribution is 2.29. The average Bonchev–Trinajstić information content (AvgIpc) is 2.82. The minimum absolute atomic E-state index is 0.0170. The minimum atomic E-state index is -0.655. The summed E-state index contributed by atoms with van der Waals surface area (Å²) in [7, 11) is 3.74. The molecule has 0 atom stereocenters. The van der Waals surface area contributed by atoms with E-state index in [-0.39, 0.29) is 5.56 Å². The fraction of sp³-hybridized carbons (Fsp3) is 0.385. The van der Waals surface area contributed by atoms with Crippen LogP contribution in [0.15, 0.2) is 51.7 Å². The highest BCUT2D eigenvalue weighted by atomic mass is 16.5. The van der Waals surface area contributed by atoms with Crippen molar-refractivity contribution in [3.8, 4) is 5.75 Å². The number of ether oxygens (including phenoxy) is 1. The summed E-state index contributed by atoms with van der Waals surface area (Å²) in [5, 5.41) is 3.52. The maximum atomic E-state index is 12.8. The molecule has 7 nitrogen and oxygen atoms in total. The predicted octanol–water partition coefficient (Wildman–Crippen LogP) is 3.75. The van der Waals surface area contributed by atoms with Crippen molar-refractivity contribution in [2.45, 2.75) is 26.3 Å². The molecule has 0 unspecified atom stereocenters. The van der Waals surface area contributed by atoms with Crippen LogP contribution in [-0.2, 0) is 13.0 Å². The van der Waals surface area contributed by atoms with E-state index in [4.69, 9.17) is 9.15 Å². The fourth-order valence-electron chi connectivity index (χ4n) is 4.22. The molecule has 7 heteroatoms. The molecule has 2 heterocycles. The molecular formula is C26H31N3O4. The van der Waals surface area contributed by atoms with E-state index in [1.165, 1.54) is 5.56 Å². The number of nitrogens with zero attached hydrogens (tertiary/aromatic N) is 2. The lowest BCUT2D eigenvalue weighted by Gasteiger charge is -2.32. The van der Waals surface area contributed by atoms with Crippen molar-refractivity contribution >= 4 is 22.6 Å². The quantitative estimate of drug-likeness (QED) is 0.554. The number of rotatable bonds is 7. The monoisotopic (exact) mass is 449 g/mol. The fourth-order valence-corrected chi connectivity index (χ4v) is 4.22. The van der Waals surface area contributed by atoms with Crippen LogP contribution < -0.4 is 15.7 Å². The van der Waals surface area contributed by atoms with Gasteiger partial charge in [0, 0.05) is 49.4 Å². The highest BCUT2D eigenvalue weighted by Gasteiger charge is 2.18. The van der Waals surface area contributed by atoms with Crippen LogP contribution in [0, 0.1) is 0 Å². The van der Waals surface area contributed by atoms with Gasteiger partial charge in [0.2, 0.25) is 0 Å². The maximum Gasteiger partial charge on any atom is 0.349 e. The third-order valence-electron chi connectivity index (χ3n) is 6.14. The number of carbonyl (C=O) groups is 1. The van der Waals surface area contributed by atoms with Crippen LogP contribution in [0.2, 0.25) is 0 Å². The second-order valence-corrected chi connectivity index (χ2v) is 8.59. The zero-order chi connectivity index (χ0) is 23.4. The van der Waals surface area contributed by atoms with E-state index in [0.717, 1.165) is 51.1 Å². The van der Waals surface area contributed by atoms with Gasteiger partial charge in [0.05, 0.1) is 7.11 Å². The molecule has 2 aromatic carbocycles. The van der Waals surface area contributed by atoms with E-state index in [2.05, 4.69) is 29.1 Å². The minimum Gasteiger partial charge on any atom is -0.496 e. The molecule has 0 spiro atoms. The zero-order valence-corrected chi connectivity index (χ0v) is 19.5. The van der Waals surface area contributed by atoms with Crippen molar-refractivity contribution in [3.63, 3.8) is 0 Å². The van der Waals surface area contributed by atoms with Crippen molar-refractivity contribution in [1.29, 1.82) is 0 Å². The predicted molar refractivity (Wildman–Crippen MR) is 130 cm³/mol. The number of carbonyl (C=O) groups excluding carboxylic acids is 1. The number of anilines is 1. The van der Waals surface area contributed by atoms with Crippen molar-refractivity contribution in [1.82, 2.24) is 9.80 Å². The summed E-state index contributed by atoms with van der Waals surface area (Å²) < 4.78 is 11.0. The summed E-state index contributed by atoms with van der Waals surface area (Å²) in [6.07, 6.45) is 1.60. The number of amides is 1. The second kappa shape index (κ2) is 10.2. The van der Waals surface area contributed by atoms with Gasteiger partial charge in [0.1, 0.15) is 16.9 Å². The summed E-state index contributed by atoms with van der Waals surface area (Å²) in [4.78, 5) is 30.2. The van der Waals surface area contributed by atoms with Crippen LogP contribution in [0.4, 0.5) is 5.69 Å². The Bertz CT molecular complexity index is 1180. The Balaban J connectivity index is 1.49. The molecule has 1 saturated heterocycles. The van der Waals surface area contributed by atoms with E-state index in [1.54, 1.807) is 19.2 Å². The highest BCUT2D eigenvalue weighted by molar-refractivity contribution is 6.05. The van der Waals surface area contributed by atoms with Gasteiger partial charge in [-0.05, 0) is 49.4 Å². The maximum absolute atomic E-state index is 12.8. The lowest BCUT2D eigenvalue weighted by atomic mass is 10.0. The number of fused-ring (bicyclic) bond motifs is 1. The number of aryl methyl sites for hydroxylation is 1. The molecule has 33 heavy (non-hydrogen) atoms. The first-order valence-electron chi connectivity index (χ1n) is 11.4. The number of hydrogen-bond acceptors (Lipinski definition) is 6. The Morgan fingerprint density at radius 1 is 1.09 bits per heavy atom. The molecular weight excluding hydrogens is 418 g/mol. The third-order valence-corrected chi connectivity index (χ3v) is 6.14. The van der Waals surface area contributed by atoms with Crippen molar-refractivity contribution < 1.29 is 13.9 Å². The normalized spacial score (nSPS) is 15.0. The molecule has 4 rings (SSSR count). The van der Waals surface area contributed by atoms with Gasteiger partial charge >= 0.3 is 5.63 Å². The Labute approximate surface area is 193 Å². The first kappa shape index (κ1) is 23.0. The number of hydrogen-bond donors (Lipinski definition) is 1. The van der Waals surface area contributed by atoms with Crippen LogP contribution in [0.3, 0.4) is 0 Å². The largest absolute Gasteiger partial charge is 0.496 e. The summed E-state index contributed by atoms with van der Waals surface area (Å²) in [5.74, 6) is 0.201. The number of piperazine rings is 1. The molecule has 1 fully saturated rings. The van der Waals surface area contributed by atoms with E-state index >= 15 is 0 Å². The Morgan fingerprint density at radius 3 is 2.48 bits per heavy atom. The Kier molecular flexibility index (Phi) is 7.11. The van der Waals surface area contributed by atoms with Crippen LogP contribution in [0.5, 0.6) is 5.75 Å².